The van der Waals surface area contributed by atoms with Crippen molar-refractivity contribution in [2.75, 3.05) is 0 Å². The zero-order valence-electron chi connectivity index (χ0n) is 9.94. The van der Waals surface area contributed by atoms with Gasteiger partial charge in [-0.2, -0.15) is 0 Å². The van der Waals surface area contributed by atoms with Gasteiger partial charge in [0.25, 0.3) is 0 Å². The van der Waals surface area contributed by atoms with Gasteiger partial charge in [-0.3, -0.25) is 19.2 Å². The van der Waals surface area contributed by atoms with E-state index in [1.807, 2.05) is 0 Å². The molecule has 0 aromatic rings. The van der Waals surface area contributed by atoms with E-state index in [2.05, 4.69) is 0 Å². The highest BCUT2D eigenvalue weighted by Gasteiger charge is 2.27. The van der Waals surface area contributed by atoms with Crippen molar-refractivity contribution in [1.29, 1.82) is 0 Å². The topological polar surface area (TPSA) is 68.3 Å². The lowest BCUT2D eigenvalue weighted by molar-refractivity contribution is -0.116. The van der Waals surface area contributed by atoms with Crippen LogP contribution >= 0.6 is 0 Å². The van der Waals surface area contributed by atoms with Crippen molar-refractivity contribution in [3.63, 3.8) is 0 Å². The van der Waals surface area contributed by atoms with E-state index in [1.54, 1.807) is 0 Å². The number of hydrogen-bond donors (Lipinski definition) is 0. The predicted octanol–water partition coefficient (Wildman–Crippen LogP) is 1.04. The van der Waals surface area contributed by atoms with E-state index in [9.17, 15) is 19.2 Å². The summed E-state index contributed by atoms with van der Waals surface area (Å²) in [6, 6.07) is 0. The first-order valence-electron chi connectivity index (χ1n) is 5.38. The number of carbonyl (C=O) groups is 4. The van der Waals surface area contributed by atoms with Crippen molar-refractivity contribution in [3.8, 4) is 0 Å². The van der Waals surface area contributed by atoms with Crippen LogP contribution in [0.2, 0.25) is 0 Å². The first kappa shape index (κ1) is 12.1. The molecule has 0 spiro atoms. The quantitative estimate of drug-likeness (QED) is 0.644. The van der Waals surface area contributed by atoms with Gasteiger partial charge in [0.2, 0.25) is 0 Å². The van der Waals surface area contributed by atoms with E-state index in [-0.39, 0.29) is 22.7 Å². The Morgan fingerprint density at radius 1 is 0.556 bits per heavy atom. The molecule has 90 valence electrons. The molecule has 4 nitrogen and oxygen atoms in total. The first-order chi connectivity index (χ1) is 8.40. The van der Waals surface area contributed by atoms with Crippen molar-refractivity contribution in [3.05, 3.63) is 46.6 Å². The fourth-order valence-electron chi connectivity index (χ4n) is 1.74. The molecular formula is C14H10O4. The standard InChI is InChI=1S/C14H10O4/c1-7-3-13(17)9(5-11(7)15)10-6-12(16)8(2)4-14(10)18/h3-6H,1-2H3. The van der Waals surface area contributed by atoms with E-state index >= 15 is 0 Å². The minimum atomic E-state index is -0.424. The van der Waals surface area contributed by atoms with Crippen LogP contribution in [-0.4, -0.2) is 23.1 Å². The normalized spacial score (nSPS) is 20.3. The van der Waals surface area contributed by atoms with Crippen LogP contribution in [0, 0.1) is 0 Å². The molecule has 0 N–H and O–H groups in total. The van der Waals surface area contributed by atoms with Crippen LogP contribution in [0.1, 0.15) is 13.8 Å². The number of hydrogen-bond acceptors (Lipinski definition) is 4. The van der Waals surface area contributed by atoms with Gasteiger partial charge in [0.1, 0.15) is 0 Å². The lowest BCUT2D eigenvalue weighted by Crippen LogP contribution is -2.20. The van der Waals surface area contributed by atoms with Crippen molar-refractivity contribution >= 4 is 23.1 Å². The summed E-state index contributed by atoms with van der Waals surface area (Å²) < 4.78 is 0. The van der Waals surface area contributed by atoms with Crippen LogP contribution < -0.4 is 0 Å². The minimum Gasteiger partial charge on any atom is -0.290 e. The Hall–Kier alpha value is -2.36. The summed E-state index contributed by atoms with van der Waals surface area (Å²) in [5.74, 6) is -1.49. The molecule has 0 aromatic heterocycles. The van der Waals surface area contributed by atoms with Crippen LogP contribution in [0.5, 0.6) is 0 Å². The fraction of sp³-hybridized carbons (Fsp3) is 0.143. The summed E-state index contributed by atoms with van der Waals surface area (Å²) in [4.78, 5) is 46.5. The van der Waals surface area contributed by atoms with Crippen LogP contribution in [0.25, 0.3) is 0 Å². The second kappa shape index (κ2) is 4.14. The summed E-state index contributed by atoms with van der Waals surface area (Å²) in [5.41, 5.74) is 0.636. The zero-order valence-corrected chi connectivity index (χ0v) is 9.94. The van der Waals surface area contributed by atoms with Crippen LogP contribution in [0.15, 0.2) is 46.6 Å². The third kappa shape index (κ3) is 1.93. The molecule has 0 saturated carbocycles. The Balaban J connectivity index is 2.46. The van der Waals surface area contributed by atoms with Gasteiger partial charge in [-0.15, -0.1) is 0 Å². The fourth-order valence-corrected chi connectivity index (χ4v) is 1.74. The van der Waals surface area contributed by atoms with Gasteiger partial charge in [0.15, 0.2) is 23.1 Å². The van der Waals surface area contributed by atoms with Crippen LogP contribution in [0.3, 0.4) is 0 Å². The van der Waals surface area contributed by atoms with Gasteiger partial charge in [-0.05, 0) is 38.2 Å². The second-order valence-electron chi connectivity index (χ2n) is 4.23. The highest BCUT2D eigenvalue weighted by atomic mass is 16.1. The van der Waals surface area contributed by atoms with Crippen molar-refractivity contribution < 1.29 is 19.2 Å². The number of rotatable bonds is 1. The van der Waals surface area contributed by atoms with Crippen molar-refractivity contribution in [2.45, 2.75) is 13.8 Å². The lowest BCUT2D eigenvalue weighted by Gasteiger charge is -2.14. The average molecular weight is 242 g/mol. The van der Waals surface area contributed by atoms with Gasteiger partial charge in [0.05, 0.1) is 0 Å². The van der Waals surface area contributed by atoms with Gasteiger partial charge in [0, 0.05) is 22.3 Å². The molecule has 2 aliphatic carbocycles. The van der Waals surface area contributed by atoms with Crippen LogP contribution in [-0.2, 0) is 19.2 Å². The Kier molecular flexibility index (Phi) is 2.79. The molecule has 2 rings (SSSR count). The molecular weight excluding hydrogens is 232 g/mol. The van der Waals surface area contributed by atoms with E-state index in [4.69, 9.17) is 0 Å². The zero-order chi connectivity index (χ0) is 13.4. The summed E-state index contributed by atoms with van der Waals surface area (Å²) in [5, 5.41) is 0. The third-order valence-electron chi connectivity index (χ3n) is 2.84. The molecule has 4 heteroatoms. The number of allylic oxidation sites excluding steroid dienone is 8. The van der Waals surface area contributed by atoms with Crippen molar-refractivity contribution in [2.24, 2.45) is 0 Å². The van der Waals surface area contributed by atoms with Gasteiger partial charge in [-0.1, -0.05) is 0 Å². The van der Waals surface area contributed by atoms with E-state index < -0.39 is 11.6 Å². The maximum Gasteiger partial charge on any atom is 0.187 e. The lowest BCUT2D eigenvalue weighted by atomic mass is 9.86. The summed E-state index contributed by atoms with van der Waals surface area (Å²) in [6.45, 7) is 3.06. The van der Waals surface area contributed by atoms with E-state index in [0.29, 0.717) is 11.1 Å². The first-order valence-corrected chi connectivity index (χ1v) is 5.38. The molecule has 0 amide bonds. The molecule has 0 aliphatic heterocycles. The Morgan fingerprint density at radius 3 is 1.22 bits per heavy atom. The Bertz CT molecular complexity index is 568. The predicted molar refractivity (Wildman–Crippen MR) is 63.7 cm³/mol. The molecule has 0 bridgehead atoms. The molecule has 2 aliphatic rings. The van der Waals surface area contributed by atoms with Gasteiger partial charge < -0.3 is 0 Å². The Morgan fingerprint density at radius 2 is 0.889 bits per heavy atom. The largest absolute Gasteiger partial charge is 0.290 e. The Labute approximate surface area is 103 Å². The summed E-state index contributed by atoms with van der Waals surface area (Å²) in [7, 11) is 0. The molecule has 0 fully saturated rings. The van der Waals surface area contributed by atoms with Crippen molar-refractivity contribution in [1.82, 2.24) is 0 Å². The summed E-state index contributed by atoms with van der Waals surface area (Å²) >= 11 is 0. The maximum absolute atomic E-state index is 11.8. The SMILES string of the molecule is CC1=CC(=O)C(C2=CC(=O)C(C)=CC2=O)=CC1=O. The third-order valence-corrected chi connectivity index (χ3v) is 2.84. The minimum absolute atomic E-state index is 0.00676. The monoisotopic (exact) mass is 242 g/mol. The number of carbonyl (C=O) groups excluding carboxylic acids is 4. The molecule has 0 heterocycles. The molecule has 0 saturated heterocycles. The van der Waals surface area contributed by atoms with E-state index in [0.717, 1.165) is 12.2 Å². The van der Waals surface area contributed by atoms with Gasteiger partial charge in [-0.25, -0.2) is 0 Å². The molecule has 18 heavy (non-hydrogen) atoms. The van der Waals surface area contributed by atoms with Gasteiger partial charge >= 0.3 is 0 Å². The highest BCUT2D eigenvalue weighted by molar-refractivity contribution is 6.30. The molecule has 0 radical (unpaired) electrons. The highest BCUT2D eigenvalue weighted by Crippen LogP contribution is 2.23. The smallest absolute Gasteiger partial charge is 0.187 e. The van der Waals surface area contributed by atoms with Crippen LogP contribution in [0.4, 0.5) is 0 Å². The molecule has 0 unspecified atom stereocenters. The second-order valence-corrected chi connectivity index (χ2v) is 4.23. The number of ketones is 4. The molecule has 0 aromatic carbocycles. The maximum atomic E-state index is 11.8. The average Bonchev–Trinajstić information content (AvgIpc) is 2.29. The summed E-state index contributed by atoms with van der Waals surface area (Å²) in [6.07, 6.45) is 4.59. The molecule has 0 atom stereocenters. The van der Waals surface area contributed by atoms with E-state index in [1.165, 1.54) is 26.0 Å².